The lowest BCUT2D eigenvalue weighted by Gasteiger charge is -2.15. The summed E-state index contributed by atoms with van der Waals surface area (Å²) < 4.78 is 0. The average Bonchev–Trinajstić information content (AvgIpc) is 2.63. The minimum atomic E-state index is 0.759. The van der Waals surface area contributed by atoms with Crippen LogP contribution in [-0.2, 0) is 6.54 Å². The van der Waals surface area contributed by atoms with Crippen LogP contribution in [0.4, 0.5) is 5.13 Å². The third kappa shape index (κ3) is 4.90. The van der Waals surface area contributed by atoms with E-state index in [0.717, 1.165) is 35.7 Å². The van der Waals surface area contributed by atoms with Crippen molar-refractivity contribution in [2.45, 2.75) is 33.7 Å². The molecule has 0 amide bonds. The third-order valence-corrected chi connectivity index (χ3v) is 3.15. The van der Waals surface area contributed by atoms with Crippen LogP contribution in [0.25, 0.3) is 0 Å². The van der Waals surface area contributed by atoms with Gasteiger partial charge in [-0.3, -0.25) is 4.90 Å². The molecule has 0 aliphatic rings. The van der Waals surface area contributed by atoms with E-state index in [0.29, 0.717) is 0 Å². The number of anilines is 1. The minimum Gasteiger partial charge on any atom is -0.360 e. The second-order valence-corrected chi connectivity index (χ2v) is 5.51. The van der Waals surface area contributed by atoms with Crippen LogP contribution in [0, 0.1) is 5.92 Å². The number of nitrogens with zero attached hydrogens (tertiary/aromatic N) is 3. The van der Waals surface area contributed by atoms with E-state index in [9.17, 15) is 0 Å². The smallest absolute Gasteiger partial charge is 0.205 e. The summed E-state index contributed by atoms with van der Waals surface area (Å²) in [5, 5.41) is 13.4. The van der Waals surface area contributed by atoms with Gasteiger partial charge in [-0.2, -0.15) is 0 Å². The Morgan fingerprint density at radius 2 is 2.12 bits per heavy atom. The summed E-state index contributed by atoms with van der Waals surface area (Å²) in [4.78, 5) is 2.30. The number of rotatable bonds is 7. The molecule has 0 spiro atoms. The molecule has 1 aromatic rings. The Bertz CT molecular complexity index is 298. The van der Waals surface area contributed by atoms with Crippen molar-refractivity contribution < 1.29 is 0 Å². The summed E-state index contributed by atoms with van der Waals surface area (Å²) in [7, 11) is 2.14. The molecule has 1 aromatic heterocycles. The van der Waals surface area contributed by atoms with Crippen LogP contribution in [0.2, 0.25) is 0 Å². The van der Waals surface area contributed by atoms with Crippen molar-refractivity contribution >= 4 is 16.5 Å². The van der Waals surface area contributed by atoms with Gasteiger partial charge in [-0.05, 0) is 32.9 Å². The fourth-order valence-corrected chi connectivity index (χ4v) is 2.22. The zero-order valence-corrected chi connectivity index (χ0v) is 11.5. The number of aromatic nitrogens is 2. The SMILES string of the molecule is CCNc1nnc(CN(C)CCC(C)C)s1. The molecular formula is C11H22N4S. The molecule has 0 saturated heterocycles. The molecule has 1 rings (SSSR count). The molecule has 4 nitrogen and oxygen atoms in total. The lowest BCUT2D eigenvalue weighted by atomic mass is 10.1. The summed E-state index contributed by atoms with van der Waals surface area (Å²) >= 11 is 1.65. The number of hydrogen-bond acceptors (Lipinski definition) is 5. The van der Waals surface area contributed by atoms with Crippen LogP contribution in [0.1, 0.15) is 32.2 Å². The molecule has 0 radical (unpaired) electrons. The summed E-state index contributed by atoms with van der Waals surface area (Å²) in [5.41, 5.74) is 0. The molecule has 0 bridgehead atoms. The van der Waals surface area contributed by atoms with Gasteiger partial charge in [0, 0.05) is 6.54 Å². The zero-order chi connectivity index (χ0) is 12.0. The van der Waals surface area contributed by atoms with E-state index >= 15 is 0 Å². The van der Waals surface area contributed by atoms with E-state index in [1.165, 1.54) is 6.42 Å². The maximum absolute atomic E-state index is 4.17. The number of nitrogens with one attached hydrogen (secondary N) is 1. The van der Waals surface area contributed by atoms with Gasteiger partial charge in [0.15, 0.2) is 0 Å². The Balaban J connectivity index is 2.34. The third-order valence-electron chi connectivity index (χ3n) is 2.29. The Labute approximate surface area is 102 Å². The second-order valence-electron chi connectivity index (χ2n) is 4.45. The first-order chi connectivity index (χ1) is 7.61. The zero-order valence-electron chi connectivity index (χ0n) is 10.7. The maximum Gasteiger partial charge on any atom is 0.205 e. The molecule has 0 aliphatic carbocycles. The van der Waals surface area contributed by atoms with E-state index in [-0.39, 0.29) is 0 Å². The normalized spacial score (nSPS) is 11.4. The van der Waals surface area contributed by atoms with Crippen molar-refractivity contribution in [1.29, 1.82) is 0 Å². The van der Waals surface area contributed by atoms with Gasteiger partial charge in [-0.25, -0.2) is 0 Å². The molecule has 16 heavy (non-hydrogen) atoms. The lowest BCUT2D eigenvalue weighted by Crippen LogP contribution is -2.20. The fraction of sp³-hybridized carbons (Fsp3) is 0.818. The highest BCUT2D eigenvalue weighted by Crippen LogP contribution is 2.16. The Morgan fingerprint density at radius 1 is 1.38 bits per heavy atom. The molecule has 0 saturated carbocycles. The lowest BCUT2D eigenvalue weighted by molar-refractivity contribution is 0.302. The topological polar surface area (TPSA) is 41.1 Å². The standard InChI is InChI=1S/C11H22N4S/c1-5-12-11-14-13-10(16-11)8-15(4)7-6-9(2)3/h9H,5-8H2,1-4H3,(H,12,14). The van der Waals surface area contributed by atoms with Gasteiger partial charge in [0.05, 0.1) is 6.54 Å². The molecule has 0 atom stereocenters. The summed E-state index contributed by atoms with van der Waals surface area (Å²) in [6.07, 6.45) is 1.23. The largest absolute Gasteiger partial charge is 0.360 e. The minimum absolute atomic E-state index is 0.759. The van der Waals surface area contributed by atoms with E-state index in [1.54, 1.807) is 11.3 Å². The first kappa shape index (κ1) is 13.4. The van der Waals surface area contributed by atoms with Crippen LogP contribution < -0.4 is 5.32 Å². The predicted octanol–water partition coefficient (Wildman–Crippen LogP) is 2.45. The highest BCUT2D eigenvalue weighted by molar-refractivity contribution is 7.15. The van der Waals surface area contributed by atoms with Crippen molar-refractivity contribution in [3.8, 4) is 0 Å². The van der Waals surface area contributed by atoms with Gasteiger partial charge in [-0.15, -0.1) is 10.2 Å². The quantitative estimate of drug-likeness (QED) is 0.797. The monoisotopic (exact) mass is 242 g/mol. The molecule has 0 aliphatic heterocycles. The van der Waals surface area contributed by atoms with E-state index in [1.807, 2.05) is 0 Å². The van der Waals surface area contributed by atoms with Crippen LogP contribution in [0.3, 0.4) is 0 Å². The van der Waals surface area contributed by atoms with Crippen molar-refractivity contribution in [1.82, 2.24) is 15.1 Å². The highest BCUT2D eigenvalue weighted by Gasteiger charge is 2.07. The Morgan fingerprint density at radius 3 is 2.75 bits per heavy atom. The Kier molecular flexibility index (Phi) is 5.69. The van der Waals surface area contributed by atoms with Gasteiger partial charge >= 0.3 is 0 Å². The summed E-state index contributed by atoms with van der Waals surface area (Å²) in [6.45, 7) is 9.49. The maximum atomic E-state index is 4.17. The average molecular weight is 242 g/mol. The molecular weight excluding hydrogens is 220 g/mol. The van der Waals surface area contributed by atoms with Crippen molar-refractivity contribution in [3.63, 3.8) is 0 Å². The molecule has 1 heterocycles. The van der Waals surface area contributed by atoms with Gasteiger partial charge in [0.2, 0.25) is 5.13 Å². The predicted molar refractivity (Wildman–Crippen MR) is 69.9 cm³/mol. The number of hydrogen-bond donors (Lipinski definition) is 1. The van der Waals surface area contributed by atoms with Crippen LogP contribution in [-0.4, -0.2) is 35.2 Å². The fourth-order valence-electron chi connectivity index (χ4n) is 1.33. The van der Waals surface area contributed by atoms with Crippen LogP contribution in [0.5, 0.6) is 0 Å². The van der Waals surface area contributed by atoms with Crippen LogP contribution >= 0.6 is 11.3 Å². The van der Waals surface area contributed by atoms with E-state index < -0.39 is 0 Å². The Hall–Kier alpha value is -0.680. The highest BCUT2D eigenvalue weighted by atomic mass is 32.1. The molecule has 5 heteroatoms. The van der Waals surface area contributed by atoms with Crippen LogP contribution in [0.15, 0.2) is 0 Å². The molecule has 0 fully saturated rings. The molecule has 0 unspecified atom stereocenters. The molecule has 92 valence electrons. The summed E-state index contributed by atoms with van der Waals surface area (Å²) in [6, 6.07) is 0. The van der Waals surface area contributed by atoms with E-state index in [2.05, 4.69) is 48.2 Å². The van der Waals surface area contributed by atoms with Gasteiger partial charge in [0.25, 0.3) is 0 Å². The van der Waals surface area contributed by atoms with Gasteiger partial charge in [-0.1, -0.05) is 25.2 Å². The first-order valence-corrected chi connectivity index (χ1v) is 6.68. The van der Waals surface area contributed by atoms with Gasteiger partial charge < -0.3 is 5.32 Å². The first-order valence-electron chi connectivity index (χ1n) is 5.86. The second kappa shape index (κ2) is 6.81. The van der Waals surface area contributed by atoms with Crippen molar-refractivity contribution in [2.75, 3.05) is 25.5 Å². The van der Waals surface area contributed by atoms with Gasteiger partial charge in [0.1, 0.15) is 5.01 Å². The molecule has 0 aromatic carbocycles. The summed E-state index contributed by atoms with van der Waals surface area (Å²) in [5.74, 6) is 0.759. The van der Waals surface area contributed by atoms with Crippen molar-refractivity contribution in [2.24, 2.45) is 5.92 Å². The van der Waals surface area contributed by atoms with E-state index in [4.69, 9.17) is 0 Å². The van der Waals surface area contributed by atoms with Crippen molar-refractivity contribution in [3.05, 3.63) is 5.01 Å². The molecule has 1 N–H and O–H groups in total.